The lowest BCUT2D eigenvalue weighted by atomic mass is 10.0. The molecule has 0 aliphatic carbocycles. The van der Waals surface area contributed by atoms with Gasteiger partial charge in [0.15, 0.2) is 6.29 Å². The summed E-state index contributed by atoms with van der Waals surface area (Å²) in [6.07, 6.45) is 2.62. The predicted octanol–water partition coefficient (Wildman–Crippen LogP) is 5.02. The normalized spacial score (nSPS) is 10.6. The second kappa shape index (κ2) is 6.57. The van der Waals surface area contributed by atoms with Gasteiger partial charge in [-0.05, 0) is 23.3 Å². The maximum absolute atomic E-state index is 11.5. The summed E-state index contributed by atoms with van der Waals surface area (Å²) in [6, 6.07) is 28.1. The third-order valence-corrected chi connectivity index (χ3v) is 4.16. The molecule has 0 radical (unpaired) electrons. The molecule has 25 heavy (non-hydrogen) atoms. The van der Waals surface area contributed by atoms with Crippen LogP contribution in [0.4, 0.5) is 0 Å². The highest BCUT2D eigenvalue weighted by Gasteiger charge is 2.11. The second-order valence-corrected chi connectivity index (χ2v) is 5.77. The average Bonchev–Trinajstić information content (AvgIpc) is 3.14. The van der Waals surface area contributed by atoms with Gasteiger partial charge in [-0.2, -0.15) is 5.10 Å². The molecule has 0 aliphatic rings. The van der Waals surface area contributed by atoms with Gasteiger partial charge in [0, 0.05) is 11.8 Å². The van der Waals surface area contributed by atoms with Crippen LogP contribution >= 0.6 is 0 Å². The van der Waals surface area contributed by atoms with Crippen LogP contribution in [0.2, 0.25) is 0 Å². The maximum atomic E-state index is 11.5. The van der Waals surface area contributed by atoms with E-state index >= 15 is 0 Å². The molecule has 0 aliphatic heterocycles. The first-order chi connectivity index (χ1) is 12.3. The molecular formula is C22H16N2O. The van der Waals surface area contributed by atoms with Crippen molar-refractivity contribution in [3.8, 4) is 28.1 Å². The van der Waals surface area contributed by atoms with E-state index in [0.29, 0.717) is 11.3 Å². The van der Waals surface area contributed by atoms with E-state index < -0.39 is 0 Å². The van der Waals surface area contributed by atoms with Gasteiger partial charge in [-0.15, -0.1) is 0 Å². The van der Waals surface area contributed by atoms with Crippen molar-refractivity contribution in [2.75, 3.05) is 0 Å². The molecule has 3 heteroatoms. The van der Waals surface area contributed by atoms with Crippen LogP contribution in [-0.2, 0) is 0 Å². The van der Waals surface area contributed by atoms with Crippen molar-refractivity contribution >= 4 is 6.29 Å². The van der Waals surface area contributed by atoms with Gasteiger partial charge in [-0.25, -0.2) is 4.68 Å². The van der Waals surface area contributed by atoms with Crippen molar-refractivity contribution in [1.82, 2.24) is 9.78 Å². The first-order valence-electron chi connectivity index (χ1n) is 8.11. The van der Waals surface area contributed by atoms with E-state index in [4.69, 9.17) is 0 Å². The number of nitrogens with zero attached hydrogens (tertiary/aromatic N) is 2. The van der Waals surface area contributed by atoms with E-state index in [1.807, 2.05) is 60.7 Å². The molecular weight excluding hydrogens is 308 g/mol. The maximum Gasteiger partial charge on any atom is 0.153 e. The first kappa shape index (κ1) is 15.1. The summed E-state index contributed by atoms with van der Waals surface area (Å²) in [7, 11) is 0. The van der Waals surface area contributed by atoms with Gasteiger partial charge in [-0.3, -0.25) is 4.79 Å². The van der Waals surface area contributed by atoms with E-state index in [-0.39, 0.29) is 0 Å². The molecule has 0 spiro atoms. The zero-order valence-corrected chi connectivity index (χ0v) is 13.5. The molecule has 0 saturated heterocycles. The molecule has 4 rings (SSSR count). The van der Waals surface area contributed by atoms with Crippen LogP contribution in [0.3, 0.4) is 0 Å². The number of carbonyl (C=O) groups is 1. The smallest absolute Gasteiger partial charge is 0.153 e. The summed E-state index contributed by atoms with van der Waals surface area (Å²) in [4.78, 5) is 11.5. The van der Waals surface area contributed by atoms with Crippen LogP contribution in [0.25, 0.3) is 28.1 Å². The van der Waals surface area contributed by atoms with Gasteiger partial charge in [0.05, 0.1) is 11.3 Å². The summed E-state index contributed by atoms with van der Waals surface area (Å²) >= 11 is 0. The van der Waals surface area contributed by atoms with E-state index in [2.05, 4.69) is 29.4 Å². The van der Waals surface area contributed by atoms with Crippen LogP contribution in [0.1, 0.15) is 10.4 Å². The van der Waals surface area contributed by atoms with Crippen LogP contribution in [-0.4, -0.2) is 16.1 Å². The molecule has 0 N–H and O–H groups in total. The van der Waals surface area contributed by atoms with Crippen molar-refractivity contribution in [3.63, 3.8) is 0 Å². The Balaban J connectivity index is 1.72. The van der Waals surface area contributed by atoms with Crippen molar-refractivity contribution in [2.24, 2.45) is 0 Å². The van der Waals surface area contributed by atoms with Crippen LogP contribution in [0.5, 0.6) is 0 Å². The van der Waals surface area contributed by atoms with E-state index in [9.17, 15) is 4.79 Å². The summed E-state index contributed by atoms with van der Waals surface area (Å²) in [5.41, 5.74) is 5.43. The molecule has 3 nitrogen and oxygen atoms in total. The highest BCUT2D eigenvalue weighted by molar-refractivity contribution is 5.86. The third kappa shape index (κ3) is 3.00. The van der Waals surface area contributed by atoms with Gasteiger partial charge >= 0.3 is 0 Å². The molecule has 0 fully saturated rings. The molecule has 1 heterocycles. The standard InChI is InChI=1S/C22H16N2O/c25-16-20-15-24(21-9-5-2-6-10-21)23-22(20)19-13-11-18(12-14-19)17-7-3-1-4-8-17/h1-16H. The predicted molar refractivity (Wildman–Crippen MR) is 99.8 cm³/mol. The molecule has 0 saturated carbocycles. The zero-order chi connectivity index (χ0) is 17.1. The number of aldehydes is 1. The summed E-state index contributed by atoms with van der Waals surface area (Å²) < 4.78 is 1.74. The molecule has 0 bridgehead atoms. The van der Waals surface area contributed by atoms with E-state index in [0.717, 1.165) is 23.1 Å². The first-order valence-corrected chi connectivity index (χ1v) is 8.11. The number of carbonyl (C=O) groups excluding carboxylic acids is 1. The second-order valence-electron chi connectivity index (χ2n) is 5.77. The van der Waals surface area contributed by atoms with Crippen LogP contribution in [0.15, 0.2) is 91.1 Å². The quantitative estimate of drug-likeness (QED) is 0.494. The number of aromatic nitrogens is 2. The largest absolute Gasteiger partial charge is 0.298 e. The number of para-hydroxylation sites is 1. The highest BCUT2D eigenvalue weighted by atomic mass is 16.1. The van der Waals surface area contributed by atoms with Crippen LogP contribution < -0.4 is 0 Å². The molecule has 0 atom stereocenters. The SMILES string of the molecule is O=Cc1cn(-c2ccccc2)nc1-c1ccc(-c2ccccc2)cc1. The Labute approximate surface area is 146 Å². The van der Waals surface area contributed by atoms with Gasteiger partial charge in [0.2, 0.25) is 0 Å². The monoisotopic (exact) mass is 324 g/mol. The van der Waals surface area contributed by atoms with Crippen molar-refractivity contribution in [1.29, 1.82) is 0 Å². The summed E-state index contributed by atoms with van der Waals surface area (Å²) in [6.45, 7) is 0. The van der Waals surface area contributed by atoms with Gasteiger partial charge < -0.3 is 0 Å². The molecule has 0 unspecified atom stereocenters. The number of hydrogen-bond acceptors (Lipinski definition) is 2. The number of hydrogen-bond donors (Lipinski definition) is 0. The molecule has 120 valence electrons. The Bertz CT molecular complexity index is 987. The van der Waals surface area contributed by atoms with Gasteiger partial charge in [0.1, 0.15) is 5.69 Å². The fourth-order valence-electron chi connectivity index (χ4n) is 2.86. The molecule has 3 aromatic carbocycles. The zero-order valence-electron chi connectivity index (χ0n) is 13.5. The Morgan fingerprint density at radius 3 is 1.88 bits per heavy atom. The third-order valence-electron chi connectivity index (χ3n) is 4.16. The fourth-order valence-corrected chi connectivity index (χ4v) is 2.86. The number of benzene rings is 3. The summed E-state index contributed by atoms with van der Waals surface area (Å²) in [5, 5.41) is 4.61. The average molecular weight is 324 g/mol. The van der Waals surface area contributed by atoms with Crippen LogP contribution in [0, 0.1) is 0 Å². The van der Waals surface area contributed by atoms with Crippen molar-refractivity contribution in [3.05, 3.63) is 96.7 Å². The Hall–Kier alpha value is -3.46. The van der Waals surface area contributed by atoms with Crippen molar-refractivity contribution < 1.29 is 4.79 Å². The number of rotatable bonds is 4. The molecule has 1 aromatic heterocycles. The topological polar surface area (TPSA) is 34.9 Å². The molecule has 4 aromatic rings. The Morgan fingerprint density at radius 1 is 0.680 bits per heavy atom. The summed E-state index contributed by atoms with van der Waals surface area (Å²) in [5.74, 6) is 0. The van der Waals surface area contributed by atoms with E-state index in [1.54, 1.807) is 10.9 Å². The van der Waals surface area contributed by atoms with Gasteiger partial charge in [0.25, 0.3) is 0 Å². The Morgan fingerprint density at radius 2 is 1.24 bits per heavy atom. The lowest BCUT2D eigenvalue weighted by Gasteiger charge is -2.04. The molecule has 0 amide bonds. The minimum atomic E-state index is 0.580. The Kier molecular flexibility index (Phi) is 3.97. The van der Waals surface area contributed by atoms with Crippen molar-refractivity contribution in [2.45, 2.75) is 0 Å². The van der Waals surface area contributed by atoms with E-state index in [1.165, 1.54) is 5.56 Å². The minimum absolute atomic E-state index is 0.580. The lowest BCUT2D eigenvalue weighted by molar-refractivity contribution is 0.112. The van der Waals surface area contributed by atoms with Gasteiger partial charge in [-0.1, -0.05) is 72.8 Å². The lowest BCUT2D eigenvalue weighted by Crippen LogP contribution is -1.94. The minimum Gasteiger partial charge on any atom is -0.298 e. The fraction of sp³-hybridized carbons (Fsp3) is 0. The highest BCUT2D eigenvalue weighted by Crippen LogP contribution is 2.26.